The van der Waals surface area contributed by atoms with Gasteiger partial charge in [0.15, 0.2) is 5.65 Å². The minimum Gasteiger partial charge on any atom is -0.461 e. The fourth-order valence-corrected chi connectivity index (χ4v) is 4.62. The zero-order valence-corrected chi connectivity index (χ0v) is 19.8. The molecular weight excluding hydrogens is 450 g/mol. The first-order chi connectivity index (χ1) is 17.1. The summed E-state index contributed by atoms with van der Waals surface area (Å²) in [5, 5.41) is 20.6. The van der Waals surface area contributed by atoms with Crippen LogP contribution in [0.4, 0.5) is 5.82 Å². The van der Waals surface area contributed by atoms with Gasteiger partial charge in [0.25, 0.3) is 5.91 Å². The van der Waals surface area contributed by atoms with Crippen molar-refractivity contribution in [1.82, 2.24) is 30.5 Å². The van der Waals surface area contributed by atoms with Crippen molar-refractivity contribution in [2.24, 2.45) is 0 Å². The number of aromatic amines is 1. The smallest absolute Gasteiger partial charge is 0.319 e. The van der Waals surface area contributed by atoms with Gasteiger partial charge in [0.05, 0.1) is 12.7 Å². The van der Waals surface area contributed by atoms with Gasteiger partial charge in [0.1, 0.15) is 18.1 Å². The first kappa shape index (κ1) is 23.4. The van der Waals surface area contributed by atoms with Crippen molar-refractivity contribution in [2.45, 2.75) is 50.7 Å². The topological polar surface area (TPSA) is 138 Å². The highest BCUT2D eigenvalue weighted by Crippen LogP contribution is 2.32. The molecule has 2 aliphatic rings. The summed E-state index contributed by atoms with van der Waals surface area (Å²) in [5.74, 6) is 0.618. The molecule has 11 heteroatoms. The van der Waals surface area contributed by atoms with Crippen LogP contribution in [0, 0.1) is 0 Å². The number of fused-ring (bicyclic) bond motifs is 1. The highest BCUT2D eigenvalue weighted by molar-refractivity contribution is 5.93. The van der Waals surface area contributed by atoms with Crippen molar-refractivity contribution in [3.63, 3.8) is 0 Å². The molecule has 2 fully saturated rings. The number of carbonyl (C=O) groups is 1. The third-order valence-electron chi connectivity index (χ3n) is 6.58. The highest BCUT2D eigenvalue weighted by atomic mass is 16.5. The van der Waals surface area contributed by atoms with Gasteiger partial charge in [-0.15, -0.1) is 0 Å². The normalized spacial score (nSPS) is 19.7. The van der Waals surface area contributed by atoms with Crippen molar-refractivity contribution in [3.8, 4) is 6.01 Å². The van der Waals surface area contributed by atoms with Crippen LogP contribution in [0.2, 0.25) is 0 Å². The molecule has 2 aliphatic heterocycles. The Morgan fingerprint density at radius 1 is 1.34 bits per heavy atom. The van der Waals surface area contributed by atoms with Gasteiger partial charge < -0.3 is 24.8 Å². The quantitative estimate of drug-likeness (QED) is 0.439. The maximum absolute atomic E-state index is 12.8. The Morgan fingerprint density at radius 3 is 2.97 bits per heavy atom. The lowest BCUT2D eigenvalue weighted by molar-refractivity contribution is 0.0643. The predicted octanol–water partition coefficient (Wildman–Crippen LogP) is 1.80. The molecule has 0 aromatic carbocycles. The lowest BCUT2D eigenvalue weighted by atomic mass is 9.92. The van der Waals surface area contributed by atoms with E-state index in [1.165, 1.54) is 0 Å². The second-order valence-corrected chi connectivity index (χ2v) is 9.17. The molecule has 2 saturated heterocycles. The van der Waals surface area contributed by atoms with E-state index in [4.69, 9.17) is 9.47 Å². The van der Waals surface area contributed by atoms with E-state index in [0.29, 0.717) is 18.3 Å². The Labute approximate surface area is 203 Å². The number of hydrogen-bond acceptors (Lipinski definition) is 9. The first-order valence-electron chi connectivity index (χ1n) is 12.2. The second-order valence-electron chi connectivity index (χ2n) is 9.17. The number of nitrogens with one attached hydrogen (secondary N) is 2. The zero-order chi connectivity index (χ0) is 24.2. The average Bonchev–Trinajstić information content (AvgIpc) is 3.57. The third-order valence-corrected chi connectivity index (χ3v) is 6.58. The molecule has 1 amide bonds. The molecule has 11 nitrogen and oxygen atoms in total. The minimum absolute atomic E-state index is 0.0170. The number of aliphatic hydroxyl groups is 1. The molecule has 0 unspecified atom stereocenters. The number of ether oxygens (including phenoxy) is 2. The predicted molar refractivity (Wildman–Crippen MR) is 129 cm³/mol. The van der Waals surface area contributed by atoms with Crippen molar-refractivity contribution in [2.75, 3.05) is 37.8 Å². The Kier molecular flexibility index (Phi) is 7.05. The SMILES string of the molecule is C[C@H](CO)NC(=O)c1cc(N2CCC(c3[nH]nc4ncccc34)CC2)nc(OC[C@@H]2CCCO2)n1. The lowest BCUT2D eigenvalue weighted by Crippen LogP contribution is -2.37. The fourth-order valence-electron chi connectivity index (χ4n) is 4.62. The number of amides is 1. The molecule has 3 N–H and O–H groups in total. The summed E-state index contributed by atoms with van der Waals surface area (Å²) < 4.78 is 11.5. The van der Waals surface area contributed by atoms with Crippen LogP contribution in [0.1, 0.15) is 54.7 Å². The van der Waals surface area contributed by atoms with Crippen LogP contribution in [-0.4, -0.2) is 81.2 Å². The zero-order valence-electron chi connectivity index (χ0n) is 19.8. The van der Waals surface area contributed by atoms with E-state index in [1.54, 1.807) is 19.2 Å². The second kappa shape index (κ2) is 10.5. The average molecular weight is 482 g/mol. The number of aliphatic hydroxyl groups excluding tert-OH is 1. The van der Waals surface area contributed by atoms with E-state index in [9.17, 15) is 9.90 Å². The molecule has 2 atom stereocenters. The summed E-state index contributed by atoms with van der Waals surface area (Å²) in [5.41, 5.74) is 2.07. The summed E-state index contributed by atoms with van der Waals surface area (Å²) in [6.45, 7) is 4.19. The fraction of sp³-hybridized carbons (Fsp3) is 0.542. The van der Waals surface area contributed by atoms with Crippen molar-refractivity contribution in [1.29, 1.82) is 0 Å². The lowest BCUT2D eigenvalue weighted by Gasteiger charge is -2.32. The van der Waals surface area contributed by atoms with Crippen LogP contribution in [0.25, 0.3) is 11.0 Å². The van der Waals surface area contributed by atoms with Gasteiger partial charge in [0.2, 0.25) is 0 Å². The van der Waals surface area contributed by atoms with E-state index >= 15 is 0 Å². The standard InChI is InChI=1S/C24H31N7O4/c1-15(13-32)26-23(33)19-12-20(28-24(27-19)35-14-17-4-3-11-34-17)31-9-6-16(7-10-31)21-18-5-2-8-25-22(18)30-29-21/h2,5,8,12,15-17,32H,3-4,6-7,9-11,13-14H2,1H3,(H,26,33)(H,25,29,30)/t15-,17+/m1/s1. The molecular formula is C24H31N7O4. The first-order valence-corrected chi connectivity index (χ1v) is 12.2. The maximum atomic E-state index is 12.8. The third kappa shape index (κ3) is 5.35. The van der Waals surface area contributed by atoms with E-state index in [1.807, 2.05) is 12.1 Å². The Hall–Kier alpha value is -3.31. The Balaban J connectivity index is 1.32. The molecule has 3 aromatic heterocycles. The van der Waals surface area contributed by atoms with Crippen LogP contribution in [0.15, 0.2) is 24.4 Å². The van der Waals surface area contributed by atoms with Crippen LogP contribution >= 0.6 is 0 Å². The van der Waals surface area contributed by atoms with Gasteiger partial charge in [0, 0.05) is 55.0 Å². The van der Waals surface area contributed by atoms with Gasteiger partial charge in [-0.05, 0) is 44.7 Å². The van der Waals surface area contributed by atoms with Gasteiger partial charge >= 0.3 is 6.01 Å². The summed E-state index contributed by atoms with van der Waals surface area (Å²) in [4.78, 5) is 28.2. The number of anilines is 1. The van der Waals surface area contributed by atoms with Crippen LogP contribution in [0.5, 0.6) is 6.01 Å². The van der Waals surface area contributed by atoms with Crippen molar-refractivity contribution < 1.29 is 19.4 Å². The van der Waals surface area contributed by atoms with E-state index in [2.05, 4.69) is 35.4 Å². The van der Waals surface area contributed by atoms with Gasteiger partial charge in [-0.2, -0.15) is 15.1 Å². The molecule has 0 aliphatic carbocycles. The molecule has 3 aromatic rings. The number of piperidine rings is 1. The van der Waals surface area contributed by atoms with Gasteiger partial charge in [-0.1, -0.05) is 0 Å². The van der Waals surface area contributed by atoms with Crippen LogP contribution in [-0.2, 0) is 4.74 Å². The number of rotatable bonds is 8. The van der Waals surface area contributed by atoms with E-state index < -0.39 is 0 Å². The number of hydrogen-bond donors (Lipinski definition) is 3. The van der Waals surface area contributed by atoms with E-state index in [-0.39, 0.29) is 36.4 Å². The number of H-pyrrole nitrogens is 1. The molecule has 0 saturated carbocycles. The molecule has 186 valence electrons. The number of aromatic nitrogens is 5. The molecule has 0 bridgehead atoms. The summed E-state index contributed by atoms with van der Waals surface area (Å²) in [7, 11) is 0. The molecule has 5 rings (SSSR count). The highest BCUT2D eigenvalue weighted by Gasteiger charge is 2.26. The minimum atomic E-state index is -0.383. The number of pyridine rings is 1. The van der Waals surface area contributed by atoms with Crippen molar-refractivity contribution >= 4 is 22.8 Å². The maximum Gasteiger partial charge on any atom is 0.319 e. The van der Waals surface area contributed by atoms with Crippen LogP contribution in [0.3, 0.4) is 0 Å². The summed E-state index contributed by atoms with van der Waals surface area (Å²) >= 11 is 0. The van der Waals surface area contributed by atoms with Crippen molar-refractivity contribution in [3.05, 3.63) is 35.8 Å². The largest absolute Gasteiger partial charge is 0.461 e. The summed E-state index contributed by atoms with van der Waals surface area (Å²) in [6.07, 6.45) is 5.53. The van der Waals surface area contributed by atoms with Gasteiger partial charge in [-0.3, -0.25) is 9.89 Å². The summed E-state index contributed by atoms with van der Waals surface area (Å²) in [6, 6.07) is 5.45. The Morgan fingerprint density at radius 2 is 2.20 bits per heavy atom. The van der Waals surface area contributed by atoms with Gasteiger partial charge in [-0.25, -0.2) is 4.98 Å². The van der Waals surface area contributed by atoms with E-state index in [0.717, 1.165) is 62.1 Å². The monoisotopic (exact) mass is 481 g/mol. The molecule has 0 radical (unpaired) electrons. The number of nitrogens with zero attached hydrogens (tertiary/aromatic N) is 5. The van der Waals surface area contributed by atoms with Crippen LogP contribution < -0.4 is 15.0 Å². The number of carbonyl (C=O) groups excluding carboxylic acids is 1. The molecule has 5 heterocycles. The molecule has 0 spiro atoms. The molecule has 35 heavy (non-hydrogen) atoms. The Bertz CT molecular complexity index is 1160.